The standard InChI is InChI=1S/C31H28Cl2N4O4/c1-19-6-7-20-4-3-5-26(28(20)35-19)41-18-24-25(32)13-12-23(27(24)33)31(40)37-16-14-36(15-17-37)30(39)22-10-8-21(9-11-22)29(38)34-2/h3-13H,14-18H2,1-2H3,(H,34,38). The summed E-state index contributed by atoms with van der Waals surface area (Å²) in [6, 6.07) is 19.4. The lowest BCUT2D eigenvalue weighted by molar-refractivity contribution is 0.0535. The number of hydrogen-bond donors (Lipinski definition) is 1. The number of amides is 3. The highest BCUT2D eigenvalue weighted by atomic mass is 35.5. The first-order chi connectivity index (χ1) is 19.8. The van der Waals surface area contributed by atoms with E-state index in [1.54, 1.807) is 53.2 Å². The first-order valence-corrected chi connectivity index (χ1v) is 13.9. The molecule has 1 aliphatic heterocycles. The molecule has 1 N–H and O–H groups in total. The molecule has 3 amide bonds. The van der Waals surface area contributed by atoms with Gasteiger partial charge in [0.15, 0.2) is 0 Å². The van der Waals surface area contributed by atoms with Gasteiger partial charge in [0, 0.05) is 66.0 Å². The van der Waals surface area contributed by atoms with Crippen molar-refractivity contribution in [3.05, 3.63) is 105 Å². The summed E-state index contributed by atoms with van der Waals surface area (Å²) < 4.78 is 6.09. The van der Waals surface area contributed by atoms with Gasteiger partial charge in [-0.25, -0.2) is 4.98 Å². The number of nitrogens with one attached hydrogen (secondary N) is 1. The summed E-state index contributed by atoms with van der Waals surface area (Å²) in [4.78, 5) is 46.2. The van der Waals surface area contributed by atoms with Gasteiger partial charge in [-0.3, -0.25) is 14.4 Å². The SMILES string of the molecule is CNC(=O)c1ccc(C(=O)N2CCN(C(=O)c3ccc(Cl)c(COc4cccc5ccc(C)nc45)c3Cl)CC2)cc1. The van der Waals surface area contributed by atoms with E-state index in [0.717, 1.165) is 16.6 Å². The van der Waals surface area contributed by atoms with E-state index in [1.807, 2.05) is 37.3 Å². The summed E-state index contributed by atoms with van der Waals surface area (Å²) in [6.45, 7) is 3.43. The average Bonchev–Trinajstić information content (AvgIpc) is 3.00. The minimum atomic E-state index is -0.239. The van der Waals surface area contributed by atoms with Crippen LogP contribution in [0.5, 0.6) is 5.75 Å². The van der Waals surface area contributed by atoms with Crippen molar-refractivity contribution in [3.8, 4) is 5.75 Å². The minimum absolute atomic E-state index is 0.0640. The lowest BCUT2D eigenvalue weighted by Crippen LogP contribution is -2.50. The Morgan fingerprint density at radius 2 is 1.51 bits per heavy atom. The van der Waals surface area contributed by atoms with Crippen molar-refractivity contribution in [2.45, 2.75) is 13.5 Å². The van der Waals surface area contributed by atoms with Crippen LogP contribution in [0.25, 0.3) is 10.9 Å². The molecule has 1 saturated heterocycles. The van der Waals surface area contributed by atoms with Gasteiger partial charge in [-0.2, -0.15) is 0 Å². The van der Waals surface area contributed by atoms with Crippen molar-refractivity contribution in [1.82, 2.24) is 20.1 Å². The zero-order chi connectivity index (χ0) is 29.1. The molecule has 0 saturated carbocycles. The van der Waals surface area contributed by atoms with Gasteiger partial charge in [-0.1, -0.05) is 41.4 Å². The van der Waals surface area contributed by atoms with Crippen LogP contribution in [0.1, 0.15) is 42.3 Å². The Balaban J connectivity index is 1.25. The van der Waals surface area contributed by atoms with E-state index in [-0.39, 0.29) is 29.4 Å². The average molecular weight is 591 g/mol. The largest absolute Gasteiger partial charge is 0.487 e. The quantitative estimate of drug-likeness (QED) is 0.325. The maximum Gasteiger partial charge on any atom is 0.255 e. The van der Waals surface area contributed by atoms with Crippen molar-refractivity contribution in [1.29, 1.82) is 0 Å². The molecule has 4 aromatic rings. The molecule has 1 aromatic heterocycles. The van der Waals surface area contributed by atoms with E-state index < -0.39 is 0 Å². The molecule has 41 heavy (non-hydrogen) atoms. The topological polar surface area (TPSA) is 91.8 Å². The number of nitrogens with zero attached hydrogens (tertiary/aromatic N) is 3. The van der Waals surface area contributed by atoms with E-state index in [9.17, 15) is 14.4 Å². The van der Waals surface area contributed by atoms with Gasteiger partial charge >= 0.3 is 0 Å². The number of fused-ring (bicyclic) bond motifs is 1. The fraction of sp³-hybridized carbons (Fsp3) is 0.226. The first-order valence-electron chi connectivity index (χ1n) is 13.1. The smallest absolute Gasteiger partial charge is 0.255 e. The highest BCUT2D eigenvalue weighted by Crippen LogP contribution is 2.32. The highest BCUT2D eigenvalue weighted by Gasteiger charge is 2.28. The van der Waals surface area contributed by atoms with Crippen molar-refractivity contribution in [2.24, 2.45) is 0 Å². The molecule has 0 spiro atoms. The number of rotatable bonds is 6. The second-order valence-electron chi connectivity index (χ2n) is 9.70. The Morgan fingerprint density at radius 3 is 2.20 bits per heavy atom. The van der Waals surface area contributed by atoms with E-state index >= 15 is 0 Å². The molecular weight excluding hydrogens is 563 g/mol. The molecule has 0 atom stereocenters. The van der Waals surface area contributed by atoms with Crippen LogP contribution in [0.15, 0.2) is 66.7 Å². The summed E-state index contributed by atoms with van der Waals surface area (Å²) in [5, 5.41) is 4.14. The third-order valence-electron chi connectivity index (χ3n) is 7.09. The van der Waals surface area contributed by atoms with Gasteiger partial charge in [0.25, 0.3) is 17.7 Å². The fourth-order valence-corrected chi connectivity index (χ4v) is 5.31. The molecule has 3 aromatic carbocycles. The molecule has 0 unspecified atom stereocenters. The number of carbonyl (C=O) groups is 3. The number of piperazine rings is 1. The number of aryl methyl sites for hydroxylation is 1. The molecule has 2 heterocycles. The highest BCUT2D eigenvalue weighted by molar-refractivity contribution is 6.38. The number of hydrogen-bond acceptors (Lipinski definition) is 5. The van der Waals surface area contributed by atoms with Crippen molar-refractivity contribution >= 4 is 51.8 Å². The number of ether oxygens (including phenoxy) is 1. The molecule has 8 nitrogen and oxygen atoms in total. The first kappa shape index (κ1) is 28.4. The lowest BCUT2D eigenvalue weighted by atomic mass is 10.1. The van der Waals surface area contributed by atoms with Gasteiger partial charge in [0.2, 0.25) is 0 Å². The summed E-state index contributed by atoms with van der Waals surface area (Å²) in [6.07, 6.45) is 0. The molecule has 210 valence electrons. The molecule has 5 rings (SSSR count). The van der Waals surface area contributed by atoms with Gasteiger partial charge < -0.3 is 19.9 Å². The van der Waals surface area contributed by atoms with E-state index in [2.05, 4.69) is 10.3 Å². The second kappa shape index (κ2) is 12.2. The van der Waals surface area contributed by atoms with Gasteiger partial charge in [0.1, 0.15) is 17.9 Å². The second-order valence-corrected chi connectivity index (χ2v) is 10.5. The van der Waals surface area contributed by atoms with Crippen LogP contribution in [0, 0.1) is 6.92 Å². The predicted octanol–water partition coefficient (Wildman–Crippen LogP) is 5.39. The molecule has 10 heteroatoms. The zero-order valence-electron chi connectivity index (χ0n) is 22.6. The predicted molar refractivity (Wildman–Crippen MR) is 159 cm³/mol. The normalized spacial score (nSPS) is 13.3. The van der Waals surface area contributed by atoms with Crippen LogP contribution in [0.2, 0.25) is 10.0 Å². The van der Waals surface area contributed by atoms with E-state index in [4.69, 9.17) is 27.9 Å². The fourth-order valence-electron chi connectivity index (χ4n) is 4.75. The van der Waals surface area contributed by atoms with Crippen LogP contribution in [0.4, 0.5) is 0 Å². The summed E-state index contributed by atoms with van der Waals surface area (Å²) >= 11 is 13.2. The Labute approximate surface area is 247 Å². The molecule has 1 aliphatic rings. The number of para-hydroxylation sites is 1. The molecule has 1 fully saturated rings. The number of halogens is 2. The minimum Gasteiger partial charge on any atom is -0.487 e. The van der Waals surface area contributed by atoms with E-state index in [1.165, 1.54) is 0 Å². The van der Waals surface area contributed by atoms with Gasteiger partial charge in [0.05, 0.1) is 10.6 Å². The van der Waals surface area contributed by atoms with Crippen LogP contribution >= 0.6 is 23.2 Å². The third kappa shape index (κ3) is 5.99. The summed E-state index contributed by atoms with van der Waals surface area (Å²) in [7, 11) is 1.55. The molecule has 0 bridgehead atoms. The zero-order valence-corrected chi connectivity index (χ0v) is 24.1. The Kier molecular flexibility index (Phi) is 8.42. The van der Waals surface area contributed by atoms with Crippen LogP contribution in [-0.4, -0.2) is 65.7 Å². The maximum absolute atomic E-state index is 13.5. The van der Waals surface area contributed by atoms with Gasteiger partial charge in [-0.05, 0) is 55.5 Å². The Hall–Kier alpha value is -4.14. The van der Waals surface area contributed by atoms with Crippen molar-refractivity contribution in [2.75, 3.05) is 33.2 Å². The number of pyridine rings is 1. The van der Waals surface area contributed by atoms with Crippen LogP contribution < -0.4 is 10.1 Å². The number of aromatic nitrogens is 1. The molecule has 0 aliphatic carbocycles. The Morgan fingerprint density at radius 1 is 0.854 bits per heavy atom. The van der Waals surface area contributed by atoms with Crippen LogP contribution in [0.3, 0.4) is 0 Å². The van der Waals surface area contributed by atoms with Crippen LogP contribution in [-0.2, 0) is 6.61 Å². The lowest BCUT2D eigenvalue weighted by Gasteiger charge is -2.35. The third-order valence-corrected chi connectivity index (χ3v) is 7.87. The molecule has 0 radical (unpaired) electrons. The van der Waals surface area contributed by atoms with Gasteiger partial charge in [-0.15, -0.1) is 0 Å². The summed E-state index contributed by atoms with van der Waals surface area (Å²) in [5.74, 6) is -0.00786. The van der Waals surface area contributed by atoms with E-state index in [0.29, 0.717) is 59.2 Å². The number of benzene rings is 3. The van der Waals surface area contributed by atoms with Crippen molar-refractivity contribution in [3.63, 3.8) is 0 Å². The maximum atomic E-state index is 13.5. The monoisotopic (exact) mass is 590 g/mol. The van der Waals surface area contributed by atoms with Crippen molar-refractivity contribution < 1.29 is 19.1 Å². The Bertz CT molecular complexity index is 1630. The molecular formula is C31H28Cl2N4O4. The summed E-state index contributed by atoms with van der Waals surface area (Å²) in [5.41, 5.74) is 3.41. The number of carbonyl (C=O) groups excluding carboxylic acids is 3.